The molecule has 2 aromatic rings. The minimum Gasteiger partial charge on any atom is -0.271 e. The van der Waals surface area contributed by atoms with Crippen molar-refractivity contribution in [3.8, 4) is 0 Å². The highest BCUT2D eigenvalue weighted by Gasteiger charge is 2.14. The van der Waals surface area contributed by atoms with Gasteiger partial charge in [-0.25, -0.2) is 0 Å². The molecule has 3 heteroatoms. The normalized spacial score (nSPS) is 12.4. The van der Waals surface area contributed by atoms with Crippen LogP contribution in [0.5, 0.6) is 0 Å². The molecule has 0 heterocycles. The predicted molar refractivity (Wildman–Crippen MR) is 76.4 cm³/mol. The van der Waals surface area contributed by atoms with Crippen molar-refractivity contribution in [2.75, 3.05) is 0 Å². The minimum atomic E-state index is 0.0751. The molecule has 2 aromatic carbocycles. The maximum Gasteiger partial charge on any atom is 0.0503 e. The number of hydrazine groups is 1. The molecule has 94 valence electrons. The summed E-state index contributed by atoms with van der Waals surface area (Å²) in [6.07, 6.45) is 0.846. The SMILES string of the molecule is Cc1c(Cl)cccc1C(Cc1ccccc1)NN. The van der Waals surface area contributed by atoms with E-state index in [4.69, 9.17) is 17.4 Å². The summed E-state index contributed by atoms with van der Waals surface area (Å²) >= 11 is 6.15. The predicted octanol–water partition coefficient (Wildman–Crippen LogP) is 3.40. The highest BCUT2D eigenvalue weighted by Crippen LogP contribution is 2.26. The van der Waals surface area contributed by atoms with Crippen LogP contribution >= 0.6 is 11.6 Å². The number of nitrogens with two attached hydrogens (primary N) is 1. The Hall–Kier alpha value is -1.35. The third-order valence-electron chi connectivity index (χ3n) is 3.17. The molecule has 2 rings (SSSR count). The molecule has 1 unspecified atom stereocenters. The standard InChI is InChI=1S/C15H17ClN2/c1-11-13(8-5-9-14(11)16)15(18-17)10-12-6-3-2-4-7-12/h2-9,15,18H,10,17H2,1H3. The van der Waals surface area contributed by atoms with Gasteiger partial charge in [-0.05, 0) is 36.1 Å². The van der Waals surface area contributed by atoms with Crippen LogP contribution in [0.25, 0.3) is 0 Å². The van der Waals surface area contributed by atoms with Crippen LogP contribution in [0.15, 0.2) is 48.5 Å². The fourth-order valence-electron chi connectivity index (χ4n) is 2.11. The first-order valence-corrected chi connectivity index (χ1v) is 6.35. The molecule has 2 nitrogen and oxygen atoms in total. The largest absolute Gasteiger partial charge is 0.271 e. The molecule has 0 spiro atoms. The first kappa shape index (κ1) is 13.1. The van der Waals surface area contributed by atoms with Gasteiger partial charge in [0.1, 0.15) is 0 Å². The van der Waals surface area contributed by atoms with Crippen molar-refractivity contribution in [1.29, 1.82) is 0 Å². The van der Waals surface area contributed by atoms with Crippen molar-refractivity contribution in [1.82, 2.24) is 5.43 Å². The summed E-state index contributed by atoms with van der Waals surface area (Å²) in [5.74, 6) is 5.68. The zero-order valence-corrected chi connectivity index (χ0v) is 11.1. The van der Waals surface area contributed by atoms with E-state index in [0.717, 1.165) is 22.6 Å². The summed E-state index contributed by atoms with van der Waals surface area (Å²) < 4.78 is 0. The fourth-order valence-corrected chi connectivity index (χ4v) is 2.29. The maximum absolute atomic E-state index is 6.15. The van der Waals surface area contributed by atoms with E-state index in [9.17, 15) is 0 Å². The molecule has 0 saturated carbocycles. The number of nitrogens with one attached hydrogen (secondary N) is 1. The molecule has 0 radical (unpaired) electrons. The molecule has 0 aliphatic heterocycles. The van der Waals surface area contributed by atoms with E-state index in [0.29, 0.717) is 0 Å². The lowest BCUT2D eigenvalue weighted by Crippen LogP contribution is -2.30. The van der Waals surface area contributed by atoms with Crippen molar-refractivity contribution in [3.63, 3.8) is 0 Å². The molecule has 0 saturated heterocycles. The second kappa shape index (κ2) is 6.01. The zero-order chi connectivity index (χ0) is 13.0. The lowest BCUT2D eigenvalue weighted by molar-refractivity contribution is 0.549. The molecule has 0 bridgehead atoms. The average molecular weight is 261 g/mol. The van der Waals surface area contributed by atoms with Gasteiger partial charge in [0.05, 0.1) is 6.04 Å². The van der Waals surface area contributed by atoms with E-state index in [1.54, 1.807) is 0 Å². The second-order valence-electron chi connectivity index (χ2n) is 4.36. The van der Waals surface area contributed by atoms with E-state index in [2.05, 4.69) is 23.6 Å². The van der Waals surface area contributed by atoms with Gasteiger partial charge >= 0.3 is 0 Å². The molecule has 3 N–H and O–H groups in total. The van der Waals surface area contributed by atoms with Crippen molar-refractivity contribution >= 4 is 11.6 Å². The van der Waals surface area contributed by atoms with E-state index < -0.39 is 0 Å². The number of hydrogen-bond acceptors (Lipinski definition) is 2. The van der Waals surface area contributed by atoms with E-state index in [-0.39, 0.29) is 6.04 Å². The van der Waals surface area contributed by atoms with Gasteiger partial charge in [-0.15, -0.1) is 0 Å². The summed E-state index contributed by atoms with van der Waals surface area (Å²) in [6, 6.07) is 16.3. The van der Waals surface area contributed by atoms with Gasteiger partial charge in [-0.2, -0.15) is 0 Å². The Morgan fingerprint density at radius 3 is 2.50 bits per heavy atom. The van der Waals surface area contributed by atoms with Crippen LogP contribution in [0, 0.1) is 6.92 Å². The Bertz CT molecular complexity index is 511. The molecule has 0 aliphatic carbocycles. The molecular weight excluding hydrogens is 244 g/mol. The Morgan fingerprint density at radius 1 is 1.11 bits per heavy atom. The number of benzene rings is 2. The quantitative estimate of drug-likeness (QED) is 0.653. The van der Waals surface area contributed by atoms with Gasteiger partial charge in [0.15, 0.2) is 0 Å². The highest BCUT2D eigenvalue weighted by atomic mass is 35.5. The van der Waals surface area contributed by atoms with Crippen molar-refractivity contribution in [3.05, 3.63) is 70.2 Å². The van der Waals surface area contributed by atoms with Crippen LogP contribution in [0.2, 0.25) is 5.02 Å². The molecular formula is C15H17ClN2. The fraction of sp³-hybridized carbons (Fsp3) is 0.200. The molecule has 0 aliphatic rings. The first-order valence-electron chi connectivity index (χ1n) is 5.97. The van der Waals surface area contributed by atoms with Crippen LogP contribution < -0.4 is 11.3 Å². The summed E-state index contributed by atoms with van der Waals surface area (Å²) in [5.41, 5.74) is 6.35. The lowest BCUT2D eigenvalue weighted by Gasteiger charge is -2.19. The first-order chi connectivity index (χ1) is 8.72. The minimum absolute atomic E-state index is 0.0751. The van der Waals surface area contributed by atoms with Gasteiger partial charge in [-0.3, -0.25) is 11.3 Å². The highest BCUT2D eigenvalue weighted by molar-refractivity contribution is 6.31. The Morgan fingerprint density at radius 2 is 1.83 bits per heavy atom. The summed E-state index contributed by atoms with van der Waals surface area (Å²) in [4.78, 5) is 0. The number of rotatable bonds is 4. The van der Waals surface area contributed by atoms with Crippen LogP contribution in [-0.2, 0) is 6.42 Å². The molecule has 0 amide bonds. The average Bonchev–Trinajstić information content (AvgIpc) is 2.41. The number of halogens is 1. The van der Waals surface area contributed by atoms with Gasteiger partial charge in [0.2, 0.25) is 0 Å². The molecule has 0 fully saturated rings. The van der Waals surface area contributed by atoms with Gasteiger partial charge in [0.25, 0.3) is 0 Å². The Labute approximate surface area is 113 Å². The van der Waals surface area contributed by atoms with E-state index in [1.165, 1.54) is 5.56 Å². The van der Waals surface area contributed by atoms with Crippen LogP contribution in [0.1, 0.15) is 22.7 Å². The summed E-state index contributed by atoms with van der Waals surface area (Å²) in [7, 11) is 0. The van der Waals surface area contributed by atoms with Gasteiger partial charge < -0.3 is 0 Å². The van der Waals surface area contributed by atoms with Crippen molar-refractivity contribution in [2.45, 2.75) is 19.4 Å². The van der Waals surface area contributed by atoms with Crippen LogP contribution in [0.3, 0.4) is 0 Å². The summed E-state index contributed by atoms with van der Waals surface area (Å²) in [5, 5.41) is 0.779. The molecule has 18 heavy (non-hydrogen) atoms. The summed E-state index contributed by atoms with van der Waals surface area (Å²) in [6.45, 7) is 2.02. The van der Waals surface area contributed by atoms with E-state index in [1.807, 2.05) is 37.3 Å². The second-order valence-corrected chi connectivity index (χ2v) is 4.77. The monoisotopic (exact) mass is 260 g/mol. The third kappa shape index (κ3) is 2.91. The van der Waals surface area contributed by atoms with Crippen LogP contribution in [0.4, 0.5) is 0 Å². The third-order valence-corrected chi connectivity index (χ3v) is 3.58. The number of hydrogen-bond donors (Lipinski definition) is 2. The van der Waals surface area contributed by atoms with E-state index >= 15 is 0 Å². The van der Waals surface area contributed by atoms with Gasteiger partial charge in [0, 0.05) is 5.02 Å². The Kier molecular flexibility index (Phi) is 4.37. The van der Waals surface area contributed by atoms with Gasteiger partial charge in [-0.1, -0.05) is 54.1 Å². The topological polar surface area (TPSA) is 38.0 Å². The molecule has 0 aromatic heterocycles. The van der Waals surface area contributed by atoms with Crippen molar-refractivity contribution < 1.29 is 0 Å². The van der Waals surface area contributed by atoms with Crippen LogP contribution in [-0.4, -0.2) is 0 Å². The molecule has 1 atom stereocenters. The lowest BCUT2D eigenvalue weighted by atomic mass is 9.96. The van der Waals surface area contributed by atoms with Crippen molar-refractivity contribution in [2.24, 2.45) is 5.84 Å². The smallest absolute Gasteiger partial charge is 0.0503 e. The zero-order valence-electron chi connectivity index (χ0n) is 10.4. The Balaban J connectivity index is 2.26. The maximum atomic E-state index is 6.15.